The molecule has 146 valence electrons. The van der Waals surface area contributed by atoms with Gasteiger partial charge < -0.3 is 4.90 Å². The van der Waals surface area contributed by atoms with Gasteiger partial charge in [0.2, 0.25) is 15.9 Å². The fraction of sp³-hybridized carbons (Fsp3) is 0.182. The number of nitrogens with zero attached hydrogens (tertiary/aromatic N) is 2. The highest BCUT2D eigenvalue weighted by Gasteiger charge is 2.32. The number of rotatable bonds is 5. The van der Waals surface area contributed by atoms with Crippen molar-refractivity contribution in [1.29, 1.82) is 5.26 Å². The smallest absolute Gasteiger partial charge is 0.240 e. The molecule has 1 atom stereocenters. The van der Waals surface area contributed by atoms with Crippen molar-refractivity contribution in [2.75, 3.05) is 6.54 Å². The largest absolute Gasteiger partial charge is 0.337 e. The van der Waals surface area contributed by atoms with Crippen molar-refractivity contribution in [2.24, 2.45) is 0 Å². The van der Waals surface area contributed by atoms with Crippen LogP contribution in [0.1, 0.15) is 17.5 Å². The molecule has 0 aromatic heterocycles. The summed E-state index contributed by atoms with van der Waals surface area (Å²) in [6, 6.07) is 21.2. The maximum atomic E-state index is 12.8. The van der Waals surface area contributed by atoms with Gasteiger partial charge in [0, 0.05) is 25.6 Å². The molecule has 1 aliphatic rings. The van der Waals surface area contributed by atoms with E-state index in [1.165, 1.54) is 0 Å². The van der Waals surface area contributed by atoms with Crippen LogP contribution in [0.15, 0.2) is 71.6 Å². The predicted octanol–water partition coefficient (Wildman–Crippen LogP) is 2.79. The third kappa shape index (κ3) is 4.14. The molecule has 29 heavy (non-hydrogen) atoms. The molecule has 1 saturated heterocycles. The first kappa shape index (κ1) is 19.1. The number of nitrogens with one attached hydrogen (secondary N) is 1. The minimum absolute atomic E-state index is 0.112. The molecule has 1 N–H and O–H groups in total. The molecule has 0 aliphatic carbocycles. The van der Waals surface area contributed by atoms with Gasteiger partial charge in [0.15, 0.2) is 0 Å². The Morgan fingerprint density at radius 1 is 1.03 bits per heavy atom. The van der Waals surface area contributed by atoms with Gasteiger partial charge in [-0.25, -0.2) is 13.1 Å². The van der Waals surface area contributed by atoms with Crippen molar-refractivity contribution in [3.63, 3.8) is 0 Å². The second-order valence-electron chi connectivity index (χ2n) is 7.12. The maximum Gasteiger partial charge on any atom is 0.240 e. The molecule has 6 nitrogen and oxygen atoms in total. The van der Waals surface area contributed by atoms with E-state index in [4.69, 9.17) is 5.26 Å². The van der Waals surface area contributed by atoms with E-state index in [2.05, 4.69) is 10.8 Å². The molecule has 0 unspecified atom stereocenters. The summed E-state index contributed by atoms with van der Waals surface area (Å²) in [5.74, 6) is -0.112. The van der Waals surface area contributed by atoms with Crippen molar-refractivity contribution < 1.29 is 13.2 Å². The zero-order valence-corrected chi connectivity index (χ0v) is 16.4. The van der Waals surface area contributed by atoms with E-state index in [1.807, 2.05) is 30.3 Å². The number of fused-ring (bicyclic) bond motifs is 1. The van der Waals surface area contributed by atoms with Crippen LogP contribution in [-0.4, -0.2) is 31.8 Å². The summed E-state index contributed by atoms with van der Waals surface area (Å²) in [6.45, 7) is 0.644. The van der Waals surface area contributed by atoms with Gasteiger partial charge in [-0.3, -0.25) is 4.79 Å². The Labute approximate surface area is 169 Å². The van der Waals surface area contributed by atoms with Gasteiger partial charge in [-0.2, -0.15) is 5.26 Å². The lowest BCUT2D eigenvalue weighted by molar-refractivity contribution is -0.128. The zero-order chi connectivity index (χ0) is 20.4. The Balaban J connectivity index is 1.47. The van der Waals surface area contributed by atoms with Crippen molar-refractivity contribution in [3.8, 4) is 6.07 Å². The summed E-state index contributed by atoms with van der Waals surface area (Å²) in [7, 11) is -3.74. The van der Waals surface area contributed by atoms with E-state index in [0.717, 1.165) is 16.3 Å². The summed E-state index contributed by atoms with van der Waals surface area (Å²) in [6.07, 6.45) is 0.116. The van der Waals surface area contributed by atoms with Crippen molar-refractivity contribution in [3.05, 3.63) is 77.9 Å². The Morgan fingerprint density at radius 3 is 2.62 bits per heavy atom. The van der Waals surface area contributed by atoms with Gasteiger partial charge in [0.05, 0.1) is 16.5 Å². The highest BCUT2D eigenvalue weighted by Crippen LogP contribution is 2.21. The summed E-state index contributed by atoms with van der Waals surface area (Å²) in [5.41, 5.74) is 1.37. The van der Waals surface area contributed by atoms with E-state index < -0.39 is 16.1 Å². The monoisotopic (exact) mass is 405 g/mol. The quantitative estimate of drug-likeness (QED) is 0.707. The van der Waals surface area contributed by atoms with Crippen LogP contribution in [0.4, 0.5) is 0 Å². The first-order chi connectivity index (χ1) is 13.9. The molecule has 0 spiro atoms. The van der Waals surface area contributed by atoms with Crippen LogP contribution < -0.4 is 4.72 Å². The average molecular weight is 405 g/mol. The topological polar surface area (TPSA) is 90.3 Å². The highest BCUT2D eigenvalue weighted by atomic mass is 32.2. The summed E-state index contributed by atoms with van der Waals surface area (Å²) >= 11 is 0. The van der Waals surface area contributed by atoms with Gasteiger partial charge in [0.1, 0.15) is 0 Å². The summed E-state index contributed by atoms with van der Waals surface area (Å²) in [5, 5.41) is 10.8. The number of nitriles is 1. The lowest BCUT2D eigenvalue weighted by Gasteiger charge is -2.17. The molecular formula is C22H19N3O3S. The molecule has 0 bridgehead atoms. The highest BCUT2D eigenvalue weighted by molar-refractivity contribution is 7.89. The van der Waals surface area contributed by atoms with Gasteiger partial charge >= 0.3 is 0 Å². The SMILES string of the molecule is N#Cc1cccc(CN2C[C@@H](NS(=O)(=O)c3ccc4ccccc4c3)CC2=O)c1. The molecule has 7 heteroatoms. The predicted molar refractivity (Wildman–Crippen MR) is 109 cm³/mol. The minimum atomic E-state index is -3.74. The summed E-state index contributed by atoms with van der Waals surface area (Å²) < 4.78 is 28.3. The lowest BCUT2D eigenvalue weighted by atomic mass is 10.1. The number of carbonyl (C=O) groups is 1. The van der Waals surface area contributed by atoms with Crippen LogP contribution >= 0.6 is 0 Å². The molecule has 1 heterocycles. The van der Waals surface area contributed by atoms with Gasteiger partial charge in [-0.15, -0.1) is 0 Å². The fourth-order valence-electron chi connectivity index (χ4n) is 3.59. The second-order valence-corrected chi connectivity index (χ2v) is 8.83. The van der Waals surface area contributed by atoms with Crippen LogP contribution in [0, 0.1) is 11.3 Å². The summed E-state index contributed by atoms with van der Waals surface area (Å²) in [4.78, 5) is 14.2. The normalized spacial score (nSPS) is 16.9. The zero-order valence-electron chi connectivity index (χ0n) is 15.6. The van der Waals surface area contributed by atoms with Crippen LogP contribution in [0.25, 0.3) is 10.8 Å². The molecule has 3 aromatic rings. The maximum absolute atomic E-state index is 12.8. The number of sulfonamides is 1. The van der Waals surface area contributed by atoms with Gasteiger partial charge in [0.25, 0.3) is 0 Å². The molecular weight excluding hydrogens is 386 g/mol. The van der Waals surface area contributed by atoms with Crippen LogP contribution in [0.3, 0.4) is 0 Å². The number of carbonyl (C=O) groups excluding carboxylic acids is 1. The molecule has 1 amide bonds. The van der Waals surface area contributed by atoms with Crippen LogP contribution in [-0.2, 0) is 21.4 Å². The first-order valence-corrected chi connectivity index (χ1v) is 10.7. The minimum Gasteiger partial charge on any atom is -0.337 e. The van der Waals surface area contributed by atoms with Crippen molar-refractivity contribution >= 4 is 26.7 Å². The second kappa shape index (κ2) is 7.66. The molecule has 0 radical (unpaired) electrons. The van der Waals surface area contributed by atoms with E-state index in [1.54, 1.807) is 41.3 Å². The van der Waals surface area contributed by atoms with Crippen molar-refractivity contribution in [2.45, 2.75) is 23.9 Å². The Kier molecular flexibility index (Phi) is 5.05. The number of amides is 1. The lowest BCUT2D eigenvalue weighted by Crippen LogP contribution is -2.37. The van der Waals surface area contributed by atoms with E-state index >= 15 is 0 Å². The molecule has 1 fully saturated rings. The number of hydrogen-bond acceptors (Lipinski definition) is 4. The van der Waals surface area contributed by atoms with Gasteiger partial charge in [-0.1, -0.05) is 42.5 Å². The molecule has 3 aromatic carbocycles. The van der Waals surface area contributed by atoms with Crippen molar-refractivity contribution in [1.82, 2.24) is 9.62 Å². The third-order valence-corrected chi connectivity index (χ3v) is 6.52. The first-order valence-electron chi connectivity index (χ1n) is 9.22. The van der Waals surface area contributed by atoms with Crippen LogP contribution in [0.5, 0.6) is 0 Å². The third-order valence-electron chi connectivity index (χ3n) is 5.00. The average Bonchev–Trinajstić information content (AvgIpc) is 3.05. The molecule has 4 rings (SSSR count). The fourth-order valence-corrected chi connectivity index (χ4v) is 4.85. The Hall–Kier alpha value is -3.21. The van der Waals surface area contributed by atoms with Gasteiger partial charge in [-0.05, 0) is 40.6 Å². The molecule has 0 saturated carbocycles. The number of hydrogen-bond donors (Lipinski definition) is 1. The molecule has 1 aliphatic heterocycles. The van der Waals surface area contributed by atoms with E-state index in [0.29, 0.717) is 18.7 Å². The number of likely N-dealkylation sites (tertiary alicyclic amines) is 1. The Bertz CT molecular complexity index is 1230. The van der Waals surface area contributed by atoms with Crippen LogP contribution in [0.2, 0.25) is 0 Å². The standard InChI is InChI=1S/C22H19N3O3S/c23-13-16-4-3-5-17(10-16)14-25-15-20(12-22(25)26)24-29(27,28)21-9-8-18-6-1-2-7-19(18)11-21/h1-11,20,24H,12,14-15H2/t20-/m0/s1. The van der Waals surface area contributed by atoms with E-state index in [9.17, 15) is 13.2 Å². The Morgan fingerprint density at radius 2 is 1.83 bits per heavy atom. The number of benzene rings is 3. The van der Waals surface area contributed by atoms with E-state index in [-0.39, 0.29) is 17.2 Å².